The Balaban J connectivity index is 1.79. The Kier molecular flexibility index (Phi) is 7.77. The molecule has 1 atom stereocenters. The molecule has 0 saturated heterocycles. The zero-order valence-electron chi connectivity index (χ0n) is 16.1. The molecule has 0 saturated carbocycles. The van der Waals surface area contributed by atoms with E-state index in [-0.39, 0.29) is 22.4 Å². The summed E-state index contributed by atoms with van der Waals surface area (Å²) >= 11 is 17.7. The molecule has 32 heavy (non-hydrogen) atoms. The standard InChI is InChI=1S/C22H15Cl3F3NO3/c23-14-6-8-15(9-7-14)29-21(30)19(32-16-4-2-1-3-5-16)12-31-20-17(24)10-13(11-18(20)25)22(26,27)28/h1-11,19H,12H2,(H,29,30). The van der Waals surface area contributed by atoms with Gasteiger partial charge in [-0.2, -0.15) is 13.2 Å². The number of rotatable bonds is 7. The molecular weight excluding hydrogens is 490 g/mol. The van der Waals surface area contributed by atoms with Gasteiger partial charge in [0, 0.05) is 10.7 Å². The van der Waals surface area contributed by atoms with E-state index in [4.69, 9.17) is 44.3 Å². The van der Waals surface area contributed by atoms with E-state index in [1.54, 1.807) is 54.6 Å². The van der Waals surface area contributed by atoms with Crippen molar-refractivity contribution < 1.29 is 27.4 Å². The van der Waals surface area contributed by atoms with Crippen LogP contribution in [0.5, 0.6) is 11.5 Å². The molecular formula is C22H15Cl3F3NO3. The fraction of sp³-hybridized carbons (Fsp3) is 0.136. The van der Waals surface area contributed by atoms with Crippen molar-refractivity contribution in [2.24, 2.45) is 0 Å². The van der Waals surface area contributed by atoms with Crippen LogP contribution in [0.15, 0.2) is 66.7 Å². The Morgan fingerprint density at radius 2 is 1.53 bits per heavy atom. The van der Waals surface area contributed by atoms with Gasteiger partial charge in [-0.25, -0.2) is 0 Å². The Hall–Kier alpha value is -2.61. The third-order valence-corrected chi connectivity index (χ3v) is 4.94. The number of benzene rings is 3. The van der Waals surface area contributed by atoms with E-state index in [0.717, 1.165) is 0 Å². The predicted octanol–water partition coefficient (Wildman–Crippen LogP) is 7.13. The minimum Gasteiger partial charge on any atom is -0.486 e. The fourth-order valence-corrected chi connectivity index (χ4v) is 3.33. The summed E-state index contributed by atoms with van der Waals surface area (Å²) in [4.78, 5) is 12.8. The topological polar surface area (TPSA) is 47.6 Å². The van der Waals surface area contributed by atoms with Crippen molar-refractivity contribution in [2.45, 2.75) is 12.3 Å². The molecule has 1 N–H and O–H groups in total. The number of nitrogens with one attached hydrogen (secondary N) is 1. The van der Waals surface area contributed by atoms with Crippen molar-refractivity contribution in [3.05, 3.63) is 87.4 Å². The van der Waals surface area contributed by atoms with Gasteiger partial charge in [0.1, 0.15) is 12.4 Å². The van der Waals surface area contributed by atoms with Crippen molar-refractivity contribution in [1.29, 1.82) is 0 Å². The monoisotopic (exact) mass is 503 g/mol. The van der Waals surface area contributed by atoms with E-state index >= 15 is 0 Å². The molecule has 168 valence electrons. The second-order valence-corrected chi connectivity index (χ2v) is 7.74. The number of carbonyl (C=O) groups excluding carboxylic acids is 1. The lowest BCUT2D eigenvalue weighted by Crippen LogP contribution is -2.38. The molecule has 0 aliphatic carbocycles. The lowest BCUT2D eigenvalue weighted by Gasteiger charge is -2.20. The number of carbonyl (C=O) groups is 1. The first-order valence-electron chi connectivity index (χ1n) is 9.10. The maximum Gasteiger partial charge on any atom is 0.416 e. The third kappa shape index (κ3) is 6.45. The van der Waals surface area contributed by atoms with Crippen molar-refractivity contribution in [1.82, 2.24) is 0 Å². The van der Waals surface area contributed by atoms with Crippen LogP contribution in [0.3, 0.4) is 0 Å². The molecule has 3 aromatic rings. The molecule has 0 radical (unpaired) electrons. The number of anilines is 1. The van der Waals surface area contributed by atoms with Crippen LogP contribution in [-0.2, 0) is 11.0 Å². The van der Waals surface area contributed by atoms with Crippen LogP contribution in [0.25, 0.3) is 0 Å². The molecule has 1 amide bonds. The van der Waals surface area contributed by atoms with Crippen molar-refractivity contribution in [2.75, 3.05) is 11.9 Å². The minimum absolute atomic E-state index is 0.192. The molecule has 0 aliphatic heterocycles. The van der Waals surface area contributed by atoms with Crippen molar-refractivity contribution in [3.63, 3.8) is 0 Å². The highest BCUT2D eigenvalue weighted by Gasteiger charge is 2.32. The number of ether oxygens (including phenoxy) is 2. The van der Waals surface area contributed by atoms with Gasteiger partial charge in [0.25, 0.3) is 5.91 Å². The van der Waals surface area contributed by atoms with Gasteiger partial charge in [-0.3, -0.25) is 4.79 Å². The highest BCUT2D eigenvalue weighted by atomic mass is 35.5. The first-order chi connectivity index (χ1) is 15.1. The molecule has 10 heteroatoms. The van der Waals surface area contributed by atoms with Gasteiger partial charge in [0.05, 0.1) is 15.6 Å². The van der Waals surface area contributed by atoms with Crippen LogP contribution < -0.4 is 14.8 Å². The predicted molar refractivity (Wildman–Crippen MR) is 118 cm³/mol. The highest BCUT2D eigenvalue weighted by Crippen LogP contribution is 2.40. The van der Waals surface area contributed by atoms with Gasteiger partial charge in [0.15, 0.2) is 5.75 Å². The first kappa shape index (κ1) is 24.0. The largest absolute Gasteiger partial charge is 0.486 e. The molecule has 0 fully saturated rings. The number of hydrogen-bond donors (Lipinski definition) is 1. The zero-order chi connectivity index (χ0) is 23.3. The normalized spacial score (nSPS) is 12.2. The summed E-state index contributed by atoms with van der Waals surface area (Å²) in [6.07, 6.45) is -5.80. The summed E-state index contributed by atoms with van der Waals surface area (Å²) in [6, 6.07) is 16.3. The second-order valence-electron chi connectivity index (χ2n) is 6.49. The summed E-state index contributed by atoms with van der Waals surface area (Å²) < 4.78 is 50.0. The second kappa shape index (κ2) is 10.3. The maximum atomic E-state index is 12.9. The van der Waals surface area contributed by atoms with E-state index in [1.165, 1.54) is 0 Å². The molecule has 0 aromatic heterocycles. The van der Waals surface area contributed by atoms with Crippen LogP contribution in [0, 0.1) is 0 Å². The van der Waals surface area contributed by atoms with Gasteiger partial charge in [-0.05, 0) is 48.5 Å². The lowest BCUT2D eigenvalue weighted by atomic mass is 10.2. The Bertz CT molecular complexity index is 1050. The van der Waals surface area contributed by atoms with Gasteiger partial charge in [-0.1, -0.05) is 53.0 Å². The number of halogens is 6. The van der Waals surface area contributed by atoms with E-state index in [9.17, 15) is 18.0 Å². The molecule has 0 heterocycles. The van der Waals surface area contributed by atoms with E-state index in [1.807, 2.05) is 0 Å². The van der Waals surface area contributed by atoms with Crippen LogP contribution in [-0.4, -0.2) is 18.6 Å². The molecule has 3 aromatic carbocycles. The summed E-state index contributed by atoms with van der Waals surface area (Å²) in [6.45, 7) is -0.376. The molecule has 0 spiro atoms. The molecule has 1 unspecified atom stereocenters. The number of alkyl halides is 3. The van der Waals surface area contributed by atoms with Crippen LogP contribution in [0.4, 0.5) is 18.9 Å². The summed E-state index contributed by atoms with van der Waals surface area (Å²) in [5, 5.41) is 2.47. The van der Waals surface area contributed by atoms with Crippen molar-refractivity contribution >= 4 is 46.4 Å². The average Bonchev–Trinajstić information content (AvgIpc) is 2.74. The third-order valence-electron chi connectivity index (χ3n) is 4.13. The average molecular weight is 505 g/mol. The Morgan fingerprint density at radius 3 is 2.09 bits per heavy atom. The van der Waals surface area contributed by atoms with E-state index in [0.29, 0.717) is 28.6 Å². The summed E-state index contributed by atoms with van der Waals surface area (Å²) in [7, 11) is 0. The van der Waals surface area contributed by atoms with Gasteiger partial charge in [-0.15, -0.1) is 0 Å². The van der Waals surface area contributed by atoms with Gasteiger partial charge in [0.2, 0.25) is 6.10 Å². The lowest BCUT2D eigenvalue weighted by molar-refractivity contribution is -0.137. The van der Waals surface area contributed by atoms with E-state index < -0.39 is 23.8 Å². The van der Waals surface area contributed by atoms with Gasteiger partial charge < -0.3 is 14.8 Å². The fourth-order valence-electron chi connectivity index (χ4n) is 2.60. The SMILES string of the molecule is O=C(Nc1ccc(Cl)cc1)C(COc1c(Cl)cc(C(F)(F)F)cc1Cl)Oc1ccccc1. The highest BCUT2D eigenvalue weighted by molar-refractivity contribution is 6.37. The minimum atomic E-state index is -4.62. The van der Waals surface area contributed by atoms with E-state index in [2.05, 4.69) is 5.32 Å². The number of hydrogen-bond acceptors (Lipinski definition) is 3. The summed E-state index contributed by atoms with van der Waals surface area (Å²) in [5.41, 5.74) is -0.552. The number of amides is 1. The maximum absolute atomic E-state index is 12.9. The summed E-state index contributed by atoms with van der Waals surface area (Å²) in [5.74, 6) is -0.366. The van der Waals surface area contributed by atoms with Crippen molar-refractivity contribution in [3.8, 4) is 11.5 Å². The Labute approximate surface area is 196 Å². The Morgan fingerprint density at radius 1 is 0.938 bits per heavy atom. The van der Waals surface area contributed by atoms with Crippen LogP contribution >= 0.6 is 34.8 Å². The molecule has 0 aliphatic rings. The molecule has 4 nitrogen and oxygen atoms in total. The van der Waals surface area contributed by atoms with Crippen LogP contribution in [0.1, 0.15) is 5.56 Å². The smallest absolute Gasteiger partial charge is 0.416 e. The quantitative estimate of drug-likeness (QED) is 0.372. The molecule has 0 bridgehead atoms. The van der Waals surface area contributed by atoms with Gasteiger partial charge >= 0.3 is 6.18 Å². The van der Waals surface area contributed by atoms with Crippen LogP contribution in [0.2, 0.25) is 15.1 Å². The zero-order valence-corrected chi connectivity index (χ0v) is 18.4. The molecule has 3 rings (SSSR count). The first-order valence-corrected chi connectivity index (χ1v) is 10.2. The number of para-hydroxylation sites is 1.